The molecule has 90 valence electrons. The molecular weight excluding hydrogens is 200 g/mol. The molecule has 1 fully saturated rings. The monoisotopic (exact) mass is 222 g/mol. The van der Waals surface area contributed by atoms with E-state index in [-0.39, 0.29) is 16.9 Å². The van der Waals surface area contributed by atoms with Crippen molar-refractivity contribution in [2.24, 2.45) is 7.05 Å². The Bertz CT molecular complexity index is 395. The van der Waals surface area contributed by atoms with E-state index < -0.39 is 0 Å². The van der Waals surface area contributed by atoms with Crippen LogP contribution < -0.4 is 0 Å². The fraction of sp³-hybridized carbons (Fsp3) is 0.769. The van der Waals surface area contributed by atoms with Crippen LogP contribution in [0.1, 0.15) is 51.9 Å². The van der Waals surface area contributed by atoms with Gasteiger partial charge in [0, 0.05) is 23.6 Å². The van der Waals surface area contributed by atoms with Gasteiger partial charge in [-0.05, 0) is 25.8 Å². The molecule has 1 saturated carbocycles. The van der Waals surface area contributed by atoms with Gasteiger partial charge in [0.2, 0.25) is 0 Å². The molecule has 1 unspecified atom stereocenters. The largest absolute Gasteiger partial charge is 0.392 e. The Balaban J connectivity index is 2.41. The van der Waals surface area contributed by atoms with Crippen molar-refractivity contribution in [1.29, 1.82) is 0 Å². The highest BCUT2D eigenvalue weighted by Gasteiger charge is 2.50. The number of hydrogen-bond acceptors (Lipinski definition) is 2. The predicted octanol–water partition coefficient (Wildman–Crippen LogP) is 2.13. The lowest BCUT2D eigenvalue weighted by Gasteiger charge is -2.18. The highest BCUT2D eigenvalue weighted by Crippen LogP contribution is 2.51. The number of nitrogens with zero attached hydrogens (tertiary/aromatic N) is 2. The summed E-state index contributed by atoms with van der Waals surface area (Å²) in [7, 11) is 1.98. The van der Waals surface area contributed by atoms with Crippen LogP contribution in [-0.4, -0.2) is 21.0 Å². The Morgan fingerprint density at radius 3 is 2.31 bits per heavy atom. The summed E-state index contributed by atoms with van der Waals surface area (Å²) >= 11 is 0. The van der Waals surface area contributed by atoms with Gasteiger partial charge in [0.25, 0.3) is 0 Å². The third-order valence-corrected chi connectivity index (χ3v) is 3.75. The van der Waals surface area contributed by atoms with Crippen LogP contribution in [0.4, 0.5) is 0 Å². The zero-order valence-electron chi connectivity index (χ0n) is 10.9. The van der Waals surface area contributed by atoms with E-state index in [0.29, 0.717) is 0 Å². The van der Waals surface area contributed by atoms with Gasteiger partial charge in [-0.15, -0.1) is 0 Å². The minimum absolute atomic E-state index is 0.0226. The lowest BCUT2D eigenvalue weighted by molar-refractivity contribution is 0.146. The molecule has 1 atom stereocenters. The summed E-state index contributed by atoms with van der Waals surface area (Å²) in [4.78, 5) is 0. The van der Waals surface area contributed by atoms with Crippen molar-refractivity contribution >= 4 is 0 Å². The molecule has 2 rings (SSSR count). The quantitative estimate of drug-likeness (QED) is 0.832. The molecule has 0 spiro atoms. The van der Waals surface area contributed by atoms with Crippen molar-refractivity contribution in [2.45, 2.75) is 57.5 Å². The smallest absolute Gasteiger partial charge is 0.0681 e. The van der Waals surface area contributed by atoms with Crippen LogP contribution in [-0.2, 0) is 17.9 Å². The van der Waals surface area contributed by atoms with E-state index in [1.165, 1.54) is 5.69 Å². The molecular formula is C13H22N2O. The lowest BCUT2D eigenvalue weighted by Crippen LogP contribution is -2.25. The summed E-state index contributed by atoms with van der Waals surface area (Å²) in [6.45, 7) is 8.39. The summed E-state index contributed by atoms with van der Waals surface area (Å²) in [5.74, 6) is 0. The Labute approximate surface area is 97.5 Å². The molecule has 3 nitrogen and oxygen atoms in total. The van der Waals surface area contributed by atoms with Crippen molar-refractivity contribution in [3.8, 4) is 0 Å². The maximum absolute atomic E-state index is 9.89. The van der Waals surface area contributed by atoms with Gasteiger partial charge in [-0.2, -0.15) is 5.10 Å². The molecule has 1 aliphatic carbocycles. The van der Waals surface area contributed by atoms with Crippen LogP contribution in [0, 0.1) is 0 Å². The van der Waals surface area contributed by atoms with Gasteiger partial charge in [-0.3, -0.25) is 4.68 Å². The van der Waals surface area contributed by atoms with Crippen molar-refractivity contribution in [1.82, 2.24) is 9.78 Å². The molecule has 0 radical (unpaired) electrons. The maximum Gasteiger partial charge on any atom is 0.0681 e. The number of aromatic nitrogens is 2. The minimum atomic E-state index is -0.282. The van der Waals surface area contributed by atoms with E-state index in [1.807, 2.05) is 18.7 Å². The summed E-state index contributed by atoms with van der Waals surface area (Å²) < 4.78 is 1.94. The van der Waals surface area contributed by atoms with Gasteiger partial charge in [0.1, 0.15) is 0 Å². The second-order valence-electron chi connectivity index (χ2n) is 6.12. The molecule has 3 heteroatoms. The first kappa shape index (κ1) is 11.6. The Kier molecular flexibility index (Phi) is 2.42. The molecule has 1 aromatic rings. The highest BCUT2D eigenvalue weighted by molar-refractivity contribution is 5.31. The summed E-state index contributed by atoms with van der Waals surface area (Å²) in [6.07, 6.45) is 1.87. The van der Waals surface area contributed by atoms with Gasteiger partial charge < -0.3 is 5.11 Å². The number of aliphatic hydroxyl groups excluding tert-OH is 1. The number of hydrogen-bond donors (Lipinski definition) is 1. The first-order chi connectivity index (χ1) is 7.27. The molecule has 16 heavy (non-hydrogen) atoms. The summed E-state index contributed by atoms with van der Waals surface area (Å²) in [5, 5.41) is 14.5. The van der Waals surface area contributed by atoms with Gasteiger partial charge in [0.15, 0.2) is 0 Å². The van der Waals surface area contributed by atoms with Gasteiger partial charge >= 0.3 is 0 Å². The fourth-order valence-corrected chi connectivity index (χ4v) is 2.32. The number of rotatable bonds is 2. The van der Waals surface area contributed by atoms with E-state index in [0.717, 1.165) is 18.5 Å². The molecule has 1 aromatic heterocycles. The second kappa shape index (κ2) is 3.33. The Morgan fingerprint density at radius 2 is 2.00 bits per heavy atom. The van der Waals surface area contributed by atoms with Crippen LogP contribution in [0.3, 0.4) is 0 Å². The van der Waals surface area contributed by atoms with Crippen LogP contribution in [0.15, 0.2) is 6.07 Å². The third-order valence-electron chi connectivity index (χ3n) is 3.75. The van der Waals surface area contributed by atoms with Gasteiger partial charge in [-0.1, -0.05) is 20.8 Å². The normalized spacial score (nSPS) is 20.9. The van der Waals surface area contributed by atoms with Gasteiger partial charge in [0.05, 0.1) is 11.8 Å². The van der Waals surface area contributed by atoms with E-state index >= 15 is 0 Å². The van der Waals surface area contributed by atoms with E-state index in [9.17, 15) is 5.11 Å². The van der Waals surface area contributed by atoms with Crippen LogP contribution in [0.5, 0.6) is 0 Å². The molecule has 1 N–H and O–H groups in total. The standard InChI is InChI=1S/C13H22N2O/c1-9(16)13(6-7-13)11-8-10(12(2,3)4)14-15(11)5/h8-9,16H,6-7H2,1-5H3. The molecule has 0 saturated heterocycles. The van der Waals surface area contributed by atoms with Crippen molar-refractivity contribution in [3.05, 3.63) is 17.5 Å². The van der Waals surface area contributed by atoms with E-state index in [4.69, 9.17) is 0 Å². The van der Waals surface area contributed by atoms with E-state index in [1.54, 1.807) is 0 Å². The van der Waals surface area contributed by atoms with Crippen molar-refractivity contribution in [2.75, 3.05) is 0 Å². The predicted molar refractivity (Wildman–Crippen MR) is 64.5 cm³/mol. The summed E-state index contributed by atoms with van der Waals surface area (Å²) in [5.41, 5.74) is 2.35. The molecule has 0 amide bonds. The third kappa shape index (κ3) is 1.67. The van der Waals surface area contributed by atoms with Gasteiger partial charge in [-0.25, -0.2) is 0 Å². The number of aryl methyl sites for hydroxylation is 1. The topological polar surface area (TPSA) is 38.1 Å². The molecule has 1 aliphatic rings. The first-order valence-corrected chi connectivity index (χ1v) is 6.00. The van der Waals surface area contributed by atoms with Crippen molar-refractivity contribution in [3.63, 3.8) is 0 Å². The summed E-state index contributed by atoms with van der Waals surface area (Å²) in [6, 6.07) is 2.17. The Morgan fingerprint density at radius 1 is 1.44 bits per heavy atom. The molecule has 0 aliphatic heterocycles. The first-order valence-electron chi connectivity index (χ1n) is 6.00. The second-order valence-corrected chi connectivity index (χ2v) is 6.12. The fourth-order valence-electron chi connectivity index (χ4n) is 2.32. The molecule has 0 bridgehead atoms. The lowest BCUT2D eigenvalue weighted by atomic mass is 9.89. The average molecular weight is 222 g/mol. The minimum Gasteiger partial charge on any atom is -0.392 e. The molecule has 1 heterocycles. The maximum atomic E-state index is 9.89. The zero-order chi connectivity index (χ0) is 12.1. The number of aliphatic hydroxyl groups is 1. The van der Waals surface area contributed by atoms with Crippen LogP contribution in [0.2, 0.25) is 0 Å². The van der Waals surface area contributed by atoms with Crippen molar-refractivity contribution < 1.29 is 5.11 Å². The van der Waals surface area contributed by atoms with E-state index in [2.05, 4.69) is 31.9 Å². The zero-order valence-corrected chi connectivity index (χ0v) is 10.9. The van der Waals surface area contributed by atoms with Crippen LogP contribution >= 0.6 is 0 Å². The van der Waals surface area contributed by atoms with Crippen LogP contribution in [0.25, 0.3) is 0 Å². The Hall–Kier alpha value is -0.830. The molecule has 0 aromatic carbocycles. The SMILES string of the molecule is CC(O)C1(c2cc(C(C)(C)C)nn2C)CC1. The highest BCUT2D eigenvalue weighted by atomic mass is 16.3. The average Bonchev–Trinajstić information content (AvgIpc) is 2.84.